The van der Waals surface area contributed by atoms with E-state index < -0.39 is 0 Å². The Balaban J connectivity index is 1.97. The molecular formula is C8H15IN2. The zero-order valence-electron chi connectivity index (χ0n) is 7.02. The maximum atomic E-state index is 2.56. The second-order valence-corrected chi connectivity index (χ2v) is 4.84. The van der Waals surface area contributed by atoms with Crippen LogP contribution in [-0.2, 0) is 0 Å². The number of hydrogen-bond donors (Lipinski definition) is 0. The van der Waals surface area contributed by atoms with Crippen molar-refractivity contribution in [1.29, 1.82) is 0 Å². The maximum Gasteiger partial charge on any atom is 0.0456 e. The van der Waals surface area contributed by atoms with Crippen molar-refractivity contribution in [2.24, 2.45) is 0 Å². The van der Waals surface area contributed by atoms with Gasteiger partial charge in [0.15, 0.2) is 0 Å². The summed E-state index contributed by atoms with van der Waals surface area (Å²) < 4.78 is 2.50. The molecule has 0 aromatic heterocycles. The van der Waals surface area contributed by atoms with Crippen molar-refractivity contribution in [1.82, 2.24) is 8.01 Å². The quantitative estimate of drug-likeness (QED) is 0.524. The van der Waals surface area contributed by atoms with Gasteiger partial charge in [-0.2, -0.15) is 0 Å². The highest BCUT2D eigenvalue weighted by atomic mass is 127. The third-order valence-corrected chi connectivity index (χ3v) is 4.65. The van der Waals surface area contributed by atoms with Crippen molar-refractivity contribution >= 4 is 22.9 Å². The van der Waals surface area contributed by atoms with Crippen molar-refractivity contribution in [2.45, 2.75) is 25.3 Å². The summed E-state index contributed by atoms with van der Waals surface area (Å²) in [4.78, 5) is 2.56. The second kappa shape index (κ2) is 2.85. The molecule has 2 heterocycles. The monoisotopic (exact) mass is 266 g/mol. The van der Waals surface area contributed by atoms with Crippen LogP contribution in [0.2, 0.25) is 0 Å². The molecule has 2 fully saturated rings. The summed E-state index contributed by atoms with van der Waals surface area (Å²) >= 11 is 2.48. The molecule has 1 unspecified atom stereocenters. The van der Waals surface area contributed by atoms with Gasteiger partial charge in [-0.1, -0.05) is 6.92 Å². The van der Waals surface area contributed by atoms with Gasteiger partial charge in [0.05, 0.1) is 0 Å². The van der Waals surface area contributed by atoms with Crippen LogP contribution in [0.3, 0.4) is 0 Å². The Kier molecular flexibility index (Phi) is 2.14. The van der Waals surface area contributed by atoms with Crippen molar-refractivity contribution in [2.75, 3.05) is 26.2 Å². The van der Waals surface area contributed by atoms with Crippen LogP contribution in [0.25, 0.3) is 0 Å². The molecule has 2 rings (SSSR count). The van der Waals surface area contributed by atoms with E-state index in [2.05, 4.69) is 37.8 Å². The fraction of sp³-hybridized carbons (Fsp3) is 1.00. The molecule has 2 aliphatic rings. The topological polar surface area (TPSA) is 6.48 Å². The van der Waals surface area contributed by atoms with Gasteiger partial charge in [-0.05, 0) is 19.4 Å². The first kappa shape index (κ1) is 8.26. The van der Waals surface area contributed by atoms with Crippen LogP contribution in [0, 0.1) is 0 Å². The highest BCUT2D eigenvalue weighted by molar-refractivity contribution is 14.1. The highest BCUT2D eigenvalue weighted by Crippen LogP contribution is 2.41. The Morgan fingerprint density at radius 3 is 2.36 bits per heavy atom. The summed E-state index contributed by atoms with van der Waals surface area (Å²) in [5.41, 5.74) is 0.594. The Morgan fingerprint density at radius 2 is 2.09 bits per heavy atom. The minimum Gasteiger partial charge on any atom is -0.302 e. The fourth-order valence-corrected chi connectivity index (χ4v) is 3.00. The van der Waals surface area contributed by atoms with E-state index in [1.54, 1.807) is 0 Å². The highest BCUT2D eigenvalue weighted by Gasteiger charge is 2.47. The van der Waals surface area contributed by atoms with Gasteiger partial charge in [-0.25, -0.2) is 3.11 Å². The molecule has 64 valence electrons. The molecule has 3 heteroatoms. The summed E-state index contributed by atoms with van der Waals surface area (Å²) in [7, 11) is 0. The molecule has 0 saturated carbocycles. The van der Waals surface area contributed by atoms with Gasteiger partial charge in [0.2, 0.25) is 0 Å². The van der Waals surface area contributed by atoms with E-state index in [-0.39, 0.29) is 0 Å². The second-order valence-electron chi connectivity index (χ2n) is 3.68. The third kappa shape index (κ3) is 1.21. The predicted octanol–water partition coefficient (Wildman–Crippen LogP) is 1.51. The average Bonchev–Trinajstić information content (AvgIpc) is 2.47. The van der Waals surface area contributed by atoms with Crippen molar-refractivity contribution in [3.63, 3.8) is 0 Å². The molecule has 2 nitrogen and oxygen atoms in total. The largest absolute Gasteiger partial charge is 0.302 e. The van der Waals surface area contributed by atoms with Crippen LogP contribution in [-0.4, -0.2) is 39.7 Å². The summed E-state index contributed by atoms with van der Waals surface area (Å²) in [5, 5.41) is 0. The summed E-state index contributed by atoms with van der Waals surface area (Å²) in [6.07, 6.45) is 2.82. The molecule has 0 amide bonds. The fourth-order valence-electron chi connectivity index (χ4n) is 2.13. The standard InChI is InChI=1S/C8H15IN2/c1-2-10-5-3-8(7-10)4-6-11(8)9/h2-7H2,1H3. The lowest BCUT2D eigenvalue weighted by molar-refractivity contribution is 0.112. The van der Waals surface area contributed by atoms with Crippen molar-refractivity contribution in [3.05, 3.63) is 0 Å². The van der Waals surface area contributed by atoms with Gasteiger partial charge in [0, 0.05) is 48.0 Å². The van der Waals surface area contributed by atoms with Crippen LogP contribution >= 0.6 is 22.9 Å². The zero-order chi connectivity index (χ0) is 7.90. The molecule has 0 radical (unpaired) electrons. The molecule has 0 aliphatic carbocycles. The molecule has 2 aliphatic heterocycles. The molecule has 11 heavy (non-hydrogen) atoms. The van der Waals surface area contributed by atoms with Gasteiger partial charge in [-0.3, -0.25) is 0 Å². The number of halogens is 1. The van der Waals surface area contributed by atoms with E-state index in [0.29, 0.717) is 5.54 Å². The number of likely N-dealkylation sites (tertiary alicyclic amines) is 1. The average molecular weight is 266 g/mol. The van der Waals surface area contributed by atoms with Crippen LogP contribution in [0.15, 0.2) is 0 Å². The predicted molar refractivity (Wildman–Crippen MR) is 54.8 cm³/mol. The summed E-state index contributed by atoms with van der Waals surface area (Å²) in [6, 6.07) is 0. The maximum absolute atomic E-state index is 2.56. The van der Waals surface area contributed by atoms with E-state index >= 15 is 0 Å². The number of nitrogens with zero attached hydrogens (tertiary/aromatic N) is 2. The zero-order valence-corrected chi connectivity index (χ0v) is 9.17. The Labute approximate surface area is 82.4 Å². The van der Waals surface area contributed by atoms with Gasteiger partial charge in [-0.15, -0.1) is 0 Å². The van der Waals surface area contributed by atoms with Crippen molar-refractivity contribution in [3.8, 4) is 0 Å². The lowest BCUT2D eigenvalue weighted by Gasteiger charge is -2.46. The summed E-state index contributed by atoms with van der Waals surface area (Å²) in [5.74, 6) is 0. The molecule has 1 spiro atoms. The van der Waals surface area contributed by atoms with E-state index in [4.69, 9.17) is 0 Å². The third-order valence-electron chi connectivity index (χ3n) is 3.15. The van der Waals surface area contributed by atoms with Gasteiger partial charge >= 0.3 is 0 Å². The van der Waals surface area contributed by atoms with Crippen molar-refractivity contribution < 1.29 is 0 Å². The van der Waals surface area contributed by atoms with E-state index in [1.807, 2.05) is 0 Å². The molecule has 0 bridgehead atoms. The first-order valence-electron chi connectivity index (χ1n) is 4.43. The molecule has 0 N–H and O–H groups in total. The Morgan fingerprint density at radius 1 is 1.36 bits per heavy atom. The number of hydrogen-bond acceptors (Lipinski definition) is 2. The minimum absolute atomic E-state index is 0.594. The van der Waals surface area contributed by atoms with Crippen LogP contribution in [0.4, 0.5) is 0 Å². The normalized spacial score (nSPS) is 39.8. The first-order valence-corrected chi connectivity index (χ1v) is 5.39. The van der Waals surface area contributed by atoms with E-state index in [0.717, 1.165) is 0 Å². The van der Waals surface area contributed by atoms with Gasteiger partial charge in [0.25, 0.3) is 0 Å². The molecular weight excluding hydrogens is 251 g/mol. The molecule has 0 aromatic carbocycles. The Bertz CT molecular complexity index is 162. The smallest absolute Gasteiger partial charge is 0.0456 e. The molecule has 0 aromatic rings. The van der Waals surface area contributed by atoms with Crippen LogP contribution < -0.4 is 0 Å². The van der Waals surface area contributed by atoms with Gasteiger partial charge < -0.3 is 4.90 Å². The molecule has 1 atom stereocenters. The van der Waals surface area contributed by atoms with E-state index in [9.17, 15) is 0 Å². The van der Waals surface area contributed by atoms with Gasteiger partial charge in [0.1, 0.15) is 0 Å². The number of rotatable bonds is 1. The minimum atomic E-state index is 0.594. The van der Waals surface area contributed by atoms with Crippen LogP contribution in [0.1, 0.15) is 19.8 Å². The van der Waals surface area contributed by atoms with E-state index in [1.165, 1.54) is 39.0 Å². The SMILES string of the molecule is CCN1CCC2(CCN2I)C1. The van der Waals surface area contributed by atoms with Crippen LogP contribution in [0.5, 0.6) is 0 Å². The lowest BCUT2D eigenvalue weighted by Crippen LogP contribution is -2.55. The lowest BCUT2D eigenvalue weighted by atomic mass is 9.87. The summed E-state index contributed by atoms with van der Waals surface area (Å²) in [6.45, 7) is 7.42. The first-order chi connectivity index (χ1) is 5.27. The Hall–Kier alpha value is 0.650. The number of likely N-dealkylation sites (N-methyl/N-ethyl adjacent to an activating group) is 1. The molecule has 2 saturated heterocycles.